The van der Waals surface area contributed by atoms with Gasteiger partial charge in [-0.25, -0.2) is 0 Å². The van der Waals surface area contributed by atoms with E-state index in [4.69, 9.17) is 53.1 Å². The van der Waals surface area contributed by atoms with E-state index in [1.807, 2.05) is 13.8 Å². The summed E-state index contributed by atoms with van der Waals surface area (Å²) in [5.74, 6) is -0.749. The summed E-state index contributed by atoms with van der Waals surface area (Å²) < 4.78 is 54.0. The molecule has 0 aromatic heterocycles. The third-order valence-electron chi connectivity index (χ3n) is 8.48. The van der Waals surface area contributed by atoms with Gasteiger partial charge in [0.1, 0.15) is 6.04 Å². The van der Waals surface area contributed by atoms with Gasteiger partial charge in [-0.15, -0.1) is 0 Å². The number of carbonyl (C=O) groups excluding carboxylic acids is 2. The summed E-state index contributed by atoms with van der Waals surface area (Å²) >= 11 is 0. The van der Waals surface area contributed by atoms with Crippen LogP contribution in [0.5, 0.6) is 0 Å². The Hall–Kier alpha value is -1.42. The molecule has 0 aromatic rings. The van der Waals surface area contributed by atoms with Crippen molar-refractivity contribution in [3.63, 3.8) is 0 Å². The highest BCUT2D eigenvalue weighted by molar-refractivity contribution is 5.77. The summed E-state index contributed by atoms with van der Waals surface area (Å²) in [6.45, 7) is 14.9. The molecule has 1 unspecified atom stereocenters. The Labute approximate surface area is 328 Å². The monoisotopic (exact) mass is 780 g/mol. The lowest BCUT2D eigenvalue weighted by atomic mass is 10.1. The molecule has 1 atom stereocenters. The fraction of sp³-hybridized carbons (Fsp3) is 0.951. The molecule has 322 valence electrons. The van der Waals surface area contributed by atoms with E-state index < -0.39 is 12.0 Å². The second kappa shape index (κ2) is 46.0. The van der Waals surface area contributed by atoms with Crippen LogP contribution in [0.3, 0.4) is 0 Å². The third-order valence-corrected chi connectivity index (χ3v) is 8.48. The van der Waals surface area contributed by atoms with Gasteiger partial charge in [0.15, 0.2) is 0 Å². The first kappa shape index (κ1) is 52.6. The van der Waals surface area contributed by atoms with Crippen LogP contribution >= 0.6 is 0 Å². The van der Waals surface area contributed by atoms with Crippen molar-refractivity contribution >= 4 is 11.9 Å². The van der Waals surface area contributed by atoms with E-state index in [2.05, 4.69) is 0 Å². The van der Waals surface area contributed by atoms with Gasteiger partial charge in [0.05, 0.1) is 92.5 Å². The van der Waals surface area contributed by atoms with E-state index in [0.29, 0.717) is 106 Å². The Morgan fingerprint density at radius 2 is 0.648 bits per heavy atom. The van der Waals surface area contributed by atoms with Crippen molar-refractivity contribution in [1.82, 2.24) is 0 Å². The Bertz CT molecular complexity index is 764. The van der Waals surface area contributed by atoms with Gasteiger partial charge < -0.3 is 53.1 Å². The molecule has 0 heterocycles. The average Bonchev–Trinajstić information content (AvgIpc) is 3.18. The zero-order valence-electron chi connectivity index (χ0n) is 34.5. The first-order chi connectivity index (χ1) is 26.6. The minimum Gasteiger partial charge on any atom is -0.466 e. The van der Waals surface area contributed by atoms with E-state index in [-0.39, 0.29) is 18.8 Å². The van der Waals surface area contributed by atoms with Gasteiger partial charge in [0.25, 0.3) is 0 Å². The molecule has 2 N–H and O–H groups in total. The molecule has 13 nitrogen and oxygen atoms in total. The molecule has 0 aromatic carbocycles. The van der Waals surface area contributed by atoms with Crippen LogP contribution in [0.2, 0.25) is 0 Å². The topological polar surface area (TPSA) is 152 Å². The number of unbranched alkanes of at least 4 members (excludes halogenated alkanes) is 14. The van der Waals surface area contributed by atoms with Gasteiger partial charge in [-0.05, 0) is 46.0 Å². The van der Waals surface area contributed by atoms with Crippen molar-refractivity contribution in [3.05, 3.63) is 0 Å². The van der Waals surface area contributed by atoms with Crippen LogP contribution < -0.4 is 5.73 Å². The van der Waals surface area contributed by atoms with E-state index in [9.17, 15) is 9.59 Å². The smallest absolute Gasteiger partial charge is 0.322 e. The number of carbonyl (C=O) groups is 2. The van der Waals surface area contributed by atoms with Crippen LogP contribution in [-0.2, 0) is 57.0 Å². The van der Waals surface area contributed by atoms with Gasteiger partial charge in [0.2, 0.25) is 0 Å². The lowest BCUT2D eigenvalue weighted by molar-refractivity contribution is -0.146. The molecular formula is C41H81NO12. The maximum absolute atomic E-state index is 12.2. The molecule has 0 aliphatic carbocycles. The fourth-order valence-corrected chi connectivity index (χ4v) is 5.27. The number of ether oxygens (including phenoxy) is 10. The number of rotatable bonds is 46. The Morgan fingerprint density at radius 3 is 1.00 bits per heavy atom. The van der Waals surface area contributed by atoms with Gasteiger partial charge in [0, 0.05) is 32.8 Å². The molecule has 13 heteroatoms. The summed E-state index contributed by atoms with van der Waals surface area (Å²) in [6.07, 6.45) is 18.1. The second-order valence-electron chi connectivity index (χ2n) is 13.3. The Morgan fingerprint density at radius 1 is 0.370 bits per heavy atom. The van der Waals surface area contributed by atoms with E-state index in [0.717, 1.165) is 64.6 Å². The molecule has 0 aliphatic heterocycles. The first-order valence-corrected chi connectivity index (χ1v) is 21.3. The SMILES string of the molecule is CCOCCOCCOCCOCCCCCCCCCCOC(=O)CCC(N)C(=O)OCCCCCCCCCCOCCOCCOCCOCC. The molecule has 0 aliphatic rings. The number of hydrogen-bond donors (Lipinski definition) is 1. The van der Waals surface area contributed by atoms with E-state index >= 15 is 0 Å². The zero-order chi connectivity index (χ0) is 39.3. The lowest BCUT2D eigenvalue weighted by Crippen LogP contribution is -2.33. The highest BCUT2D eigenvalue weighted by Gasteiger charge is 2.17. The summed E-state index contributed by atoms with van der Waals surface area (Å²) in [5.41, 5.74) is 5.94. The largest absolute Gasteiger partial charge is 0.466 e. The summed E-state index contributed by atoms with van der Waals surface area (Å²) in [6, 6.07) is -0.794. The fourth-order valence-electron chi connectivity index (χ4n) is 5.27. The predicted molar refractivity (Wildman–Crippen MR) is 211 cm³/mol. The standard InChI is InChI=1S/C41H81NO12/c1-3-45-27-29-49-35-37-51-33-31-47-23-17-13-9-5-7-11-15-19-25-53-40(43)22-21-39(42)41(44)54-26-20-16-12-8-6-10-14-18-24-48-32-34-52-38-36-50-30-28-46-4-2/h39H,3-38,42H2,1-2H3. The molecule has 0 rings (SSSR count). The summed E-state index contributed by atoms with van der Waals surface area (Å²) in [7, 11) is 0. The second-order valence-corrected chi connectivity index (χ2v) is 13.3. The van der Waals surface area contributed by atoms with Crippen LogP contribution in [0.1, 0.15) is 129 Å². The average molecular weight is 780 g/mol. The van der Waals surface area contributed by atoms with Crippen LogP contribution in [0.25, 0.3) is 0 Å². The molecule has 0 spiro atoms. The number of esters is 2. The first-order valence-electron chi connectivity index (χ1n) is 21.3. The van der Waals surface area contributed by atoms with Crippen LogP contribution in [-0.4, -0.2) is 137 Å². The van der Waals surface area contributed by atoms with Gasteiger partial charge in [-0.2, -0.15) is 0 Å². The predicted octanol–water partition coefficient (Wildman–Crippen LogP) is 6.59. The molecular weight excluding hydrogens is 698 g/mol. The van der Waals surface area contributed by atoms with Crippen molar-refractivity contribution in [1.29, 1.82) is 0 Å². The molecule has 0 bridgehead atoms. The molecule has 0 amide bonds. The Kier molecular flexibility index (Phi) is 44.8. The molecule has 0 saturated heterocycles. The normalized spacial score (nSPS) is 12.0. The van der Waals surface area contributed by atoms with Crippen LogP contribution in [0.15, 0.2) is 0 Å². The lowest BCUT2D eigenvalue weighted by Gasteiger charge is -2.11. The van der Waals surface area contributed by atoms with E-state index in [1.54, 1.807) is 0 Å². The maximum atomic E-state index is 12.2. The molecule has 0 radical (unpaired) electrons. The third kappa shape index (κ3) is 43.3. The minimum absolute atomic E-state index is 0.129. The minimum atomic E-state index is -0.794. The molecule has 0 fully saturated rings. The Balaban J connectivity index is 3.34. The number of nitrogens with two attached hydrogens (primary N) is 1. The van der Waals surface area contributed by atoms with Gasteiger partial charge in [-0.3, -0.25) is 9.59 Å². The highest BCUT2D eigenvalue weighted by atomic mass is 16.6. The van der Waals surface area contributed by atoms with Crippen molar-refractivity contribution in [2.45, 2.75) is 135 Å². The van der Waals surface area contributed by atoms with Crippen LogP contribution in [0.4, 0.5) is 0 Å². The maximum Gasteiger partial charge on any atom is 0.322 e. The molecule has 54 heavy (non-hydrogen) atoms. The highest BCUT2D eigenvalue weighted by Crippen LogP contribution is 2.11. The van der Waals surface area contributed by atoms with Crippen molar-refractivity contribution in [2.24, 2.45) is 5.73 Å². The zero-order valence-corrected chi connectivity index (χ0v) is 34.5. The van der Waals surface area contributed by atoms with Gasteiger partial charge in [-0.1, -0.05) is 77.0 Å². The quantitative estimate of drug-likeness (QED) is 0.0523. The van der Waals surface area contributed by atoms with Gasteiger partial charge >= 0.3 is 11.9 Å². The summed E-state index contributed by atoms with van der Waals surface area (Å²) in [5, 5.41) is 0. The number of hydrogen-bond acceptors (Lipinski definition) is 13. The van der Waals surface area contributed by atoms with Crippen molar-refractivity contribution in [3.8, 4) is 0 Å². The van der Waals surface area contributed by atoms with Crippen molar-refractivity contribution in [2.75, 3.05) is 119 Å². The van der Waals surface area contributed by atoms with Crippen LogP contribution in [0, 0.1) is 0 Å². The molecule has 0 saturated carbocycles. The van der Waals surface area contributed by atoms with E-state index in [1.165, 1.54) is 51.4 Å². The summed E-state index contributed by atoms with van der Waals surface area (Å²) in [4.78, 5) is 24.2. The van der Waals surface area contributed by atoms with Crippen molar-refractivity contribution < 1.29 is 57.0 Å².